The third kappa shape index (κ3) is 13.3. The Labute approximate surface area is 112 Å². The number of aliphatic imine (C=N–C) groups is 1. The number of nitrogens with zero attached hydrogens (tertiary/aromatic N) is 1. The van der Waals surface area contributed by atoms with E-state index in [2.05, 4.69) is 34.2 Å². The fraction of sp³-hybridized carbons (Fsp3) is 0.917. The van der Waals surface area contributed by atoms with E-state index < -0.39 is 12.8 Å². The molecule has 7 heteroatoms. The summed E-state index contributed by atoms with van der Waals surface area (Å²) < 4.78 is 39.9. The van der Waals surface area contributed by atoms with E-state index in [1.807, 2.05) is 6.92 Å². The lowest BCUT2D eigenvalue weighted by molar-refractivity contribution is -0.173. The molecule has 0 saturated heterocycles. The maximum atomic E-state index is 11.8. The third-order valence-electron chi connectivity index (χ3n) is 1.98. The summed E-state index contributed by atoms with van der Waals surface area (Å²) >= 11 is 0. The third-order valence-corrected chi connectivity index (χ3v) is 1.98. The van der Waals surface area contributed by atoms with Gasteiger partial charge in [-0.3, -0.25) is 4.99 Å². The molecular weight excluding hydrogens is 259 g/mol. The van der Waals surface area contributed by atoms with Gasteiger partial charge in [-0.15, -0.1) is 0 Å². The van der Waals surface area contributed by atoms with Gasteiger partial charge in [-0.05, 0) is 19.3 Å². The van der Waals surface area contributed by atoms with Crippen LogP contribution in [0.15, 0.2) is 4.99 Å². The Balaban J connectivity index is 3.72. The Hall–Kier alpha value is -0.980. The zero-order valence-electron chi connectivity index (χ0n) is 11.8. The van der Waals surface area contributed by atoms with Crippen LogP contribution in [0, 0.1) is 5.92 Å². The Kier molecular flexibility index (Phi) is 9.38. The molecule has 4 nitrogen and oxygen atoms in total. The second kappa shape index (κ2) is 9.89. The van der Waals surface area contributed by atoms with Crippen molar-refractivity contribution in [3.8, 4) is 0 Å². The van der Waals surface area contributed by atoms with Gasteiger partial charge >= 0.3 is 6.18 Å². The summed E-state index contributed by atoms with van der Waals surface area (Å²) in [6, 6.07) is 0. The number of nitrogens with one attached hydrogen (secondary N) is 2. The number of hydrogen-bond acceptors (Lipinski definition) is 2. The fourth-order valence-electron chi connectivity index (χ4n) is 1.18. The van der Waals surface area contributed by atoms with Crippen LogP contribution in [-0.2, 0) is 4.74 Å². The average Bonchev–Trinajstić information content (AvgIpc) is 2.28. The predicted molar refractivity (Wildman–Crippen MR) is 70.3 cm³/mol. The molecule has 0 aromatic carbocycles. The lowest BCUT2D eigenvalue weighted by atomic mass is 10.2. The molecule has 114 valence electrons. The summed E-state index contributed by atoms with van der Waals surface area (Å²) in [5.74, 6) is 1.15. The molecule has 0 unspecified atom stereocenters. The highest BCUT2D eigenvalue weighted by molar-refractivity contribution is 5.79. The van der Waals surface area contributed by atoms with Crippen LogP contribution in [0.2, 0.25) is 0 Å². The molecule has 0 aliphatic carbocycles. The molecule has 0 fully saturated rings. The minimum atomic E-state index is -4.25. The molecule has 0 aromatic rings. The summed E-state index contributed by atoms with van der Waals surface area (Å²) in [7, 11) is 0. The first kappa shape index (κ1) is 18.0. The van der Waals surface area contributed by atoms with Crippen LogP contribution in [0.5, 0.6) is 0 Å². The minimum absolute atomic E-state index is 0.0795. The zero-order chi connectivity index (χ0) is 14.7. The van der Waals surface area contributed by atoms with Crippen molar-refractivity contribution in [3.63, 3.8) is 0 Å². The van der Waals surface area contributed by atoms with Crippen LogP contribution in [0.3, 0.4) is 0 Å². The molecule has 2 N–H and O–H groups in total. The molecule has 0 atom stereocenters. The van der Waals surface area contributed by atoms with Gasteiger partial charge in [0.1, 0.15) is 6.61 Å². The van der Waals surface area contributed by atoms with Gasteiger partial charge in [-0.1, -0.05) is 13.8 Å². The van der Waals surface area contributed by atoms with Gasteiger partial charge in [0.2, 0.25) is 0 Å². The van der Waals surface area contributed by atoms with Crippen molar-refractivity contribution >= 4 is 5.96 Å². The summed E-state index contributed by atoms with van der Waals surface area (Å²) in [6.45, 7) is 6.97. The van der Waals surface area contributed by atoms with E-state index in [9.17, 15) is 13.2 Å². The first-order valence-corrected chi connectivity index (χ1v) is 6.51. The SMILES string of the molecule is CCNC(=NCC(C)C)NCCCOCC(F)(F)F. The van der Waals surface area contributed by atoms with Gasteiger partial charge in [-0.25, -0.2) is 0 Å². The van der Waals surface area contributed by atoms with Gasteiger partial charge in [0.05, 0.1) is 0 Å². The van der Waals surface area contributed by atoms with E-state index in [0.29, 0.717) is 31.4 Å². The molecule has 0 spiro atoms. The highest BCUT2D eigenvalue weighted by Crippen LogP contribution is 2.14. The first-order valence-electron chi connectivity index (χ1n) is 6.51. The molecule has 0 heterocycles. The largest absolute Gasteiger partial charge is 0.411 e. The van der Waals surface area contributed by atoms with Crippen LogP contribution in [0.1, 0.15) is 27.2 Å². The van der Waals surface area contributed by atoms with E-state index in [1.54, 1.807) is 0 Å². The standard InChI is InChI=1S/C12H24F3N3O/c1-4-16-11(18-8-10(2)3)17-6-5-7-19-9-12(13,14)15/h10H,4-9H2,1-3H3,(H2,16,17,18). The van der Waals surface area contributed by atoms with E-state index in [1.165, 1.54) is 0 Å². The Morgan fingerprint density at radius 2 is 1.95 bits per heavy atom. The molecule has 0 aliphatic rings. The highest BCUT2D eigenvalue weighted by atomic mass is 19.4. The molecule has 0 aromatic heterocycles. The molecular formula is C12H24F3N3O. The van der Waals surface area contributed by atoms with E-state index in [4.69, 9.17) is 0 Å². The highest BCUT2D eigenvalue weighted by Gasteiger charge is 2.27. The summed E-state index contributed by atoms with van der Waals surface area (Å²) in [5, 5.41) is 6.12. The number of hydrogen-bond donors (Lipinski definition) is 2. The van der Waals surface area contributed by atoms with Crippen molar-refractivity contribution in [3.05, 3.63) is 0 Å². The molecule has 0 bridgehead atoms. The smallest absolute Gasteiger partial charge is 0.372 e. The first-order chi connectivity index (χ1) is 8.85. The van der Waals surface area contributed by atoms with Gasteiger partial charge in [-0.2, -0.15) is 13.2 Å². The predicted octanol–water partition coefficient (Wildman–Crippen LogP) is 2.17. The van der Waals surface area contributed by atoms with Crippen LogP contribution >= 0.6 is 0 Å². The fourth-order valence-corrected chi connectivity index (χ4v) is 1.18. The van der Waals surface area contributed by atoms with Crippen molar-refractivity contribution in [2.24, 2.45) is 10.9 Å². The maximum Gasteiger partial charge on any atom is 0.411 e. The zero-order valence-corrected chi connectivity index (χ0v) is 11.8. The molecule has 19 heavy (non-hydrogen) atoms. The number of halogens is 3. The lowest BCUT2D eigenvalue weighted by Gasteiger charge is -2.12. The summed E-state index contributed by atoms with van der Waals surface area (Å²) in [4.78, 5) is 4.34. The Bertz CT molecular complexity index is 255. The second-order valence-electron chi connectivity index (χ2n) is 4.56. The van der Waals surface area contributed by atoms with Crippen molar-refractivity contribution in [2.45, 2.75) is 33.4 Å². The van der Waals surface area contributed by atoms with Gasteiger partial charge in [0, 0.05) is 26.2 Å². The molecule has 0 rings (SSSR count). The van der Waals surface area contributed by atoms with E-state index >= 15 is 0 Å². The monoisotopic (exact) mass is 283 g/mol. The number of rotatable bonds is 8. The Morgan fingerprint density at radius 3 is 2.47 bits per heavy atom. The summed E-state index contributed by atoms with van der Waals surface area (Å²) in [5.41, 5.74) is 0. The van der Waals surface area contributed by atoms with Crippen LogP contribution in [-0.4, -0.2) is 45.0 Å². The molecule has 0 amide bonds. The normalized spacial score (nSPS) is 12.9. The van der Waals surface area contributed by atoms with Gasteiger partial charge in [0.15, 0.2) is 5.96 Å². The van der Waals surface area contributed by atoms with Crippen molar-refractivity contribution in [1.29, 1.82) is 0 Å². The second-order valence-corrected chi connectivity index (χ2v) is 4.56. The van der Waals surface area contributed by atoms with Crippen molar-refractivity contribution in [1.82, 2.24) is 10.6 Å². The van der Waals surface area contributed by atoms with E-state index in [0.717, 1.165) is 6.54 Å². The topological polar surface area (TPSA) is 45.7 Å². The average molecular weight is 283 g/mol. The Morgan fingerprint density at radius 1 is 1.26 bits per heavy atom. The lowest BCUT2D eigenvalue weighted by Crippen LogP contribution is -2.38. The van der Waals surface area contributed by atoms with E-state index in [-0.39, 0.29) is 6.61 Å². The molecule has 0 saturated carbocycles. The van der Waals surface area contributed by atoms with Gasteiger partial charge in [0.25, 0.3) is 0 Å². The molecule has 0 aliphatic heterocycles. The number of ether oxygens (including phenoxy) is 1. The number of alkyl halides is 3. The van der Waals surface area contributed by atoms with Crippen LogP contribution in [0.4, 0.5) is 13.2 Å². The van der Waals surface area contributed by atoms with Crippen molar-refractivity contribution < 1.29 is 17.9 Å². The maximum absolute atomic E-state index is 11.8. The quantitative estimate of drug-likeness (QED) is 0.408. The van der Waals surface area contributed by atoms with Crippen LogP contribution < -0.4 is 10.6 Å². The van der Waals surface area contributed by atoms with Crippen LogP contribution in [0.25, 0.3) is 0 Å². The van der Waals surface area contributed by atoms with Gasteiger partial charge < -0.3 is 15.4 Å². The molecule has 0 radical (unpaired) electrons. The van der Waals surface area contributed by atoms with Crippen molar-refractivity contribution in [2.75, 3.05) is 32.8 Å². The summed E-state index contributed by atoms with van der Waals surface area (Å²) in [6.07, 6.45) is -3.75. The number of guanidine groups is 1. The minimum Gasteiger partial charge on any atom is -0.372 e.